The summed E-state index contributed by atoms with van der Waals surface area (Å²) in [6.07, 6.45) is 4.38. The molecule has 0 radical (unpaired) electrons. The summed E-state index contributed by atoms with van der Waals surface area (Å²) < 4.78 is 25.9. The lowest BCUT2D eigenvalue weighted by Crippen LogP contribution is -2.30. The van der Waals surface area contributed by atoms with E-state index in [-0.39, 0.29) is 10.6 Å². The van der Waals surface area contributed by atoms with Crippen molar-refractivity contribution in [3.05, 3.63) is 30.4 Å². The van der Waals surface area contributed by atoms with Gasteiger partial charge in [-0.2, -0.15) is 4.31 Å². The fourth-order valence-corrected chi connectivity index (χ4v) is 3.33. The molecule has 114 valence electrons. The molecule has 21 heavy (non-hydrogen) atoms. The molecule has 0 aliphatic heterocycles. The van der Waals surface area contributed by atoms with Crippen LogP contribution in [0.25, 0.3) is 0 Å². The molecule has 0 spiro atoms. The van der Waals surface area contributed by atoms with Gasteiger partial charge in [-0.15, -0.1) is 0 Å². The molecule has 2 rings (SSSR count). The van der Waals surface area contributed by atoms with Gasteiger partial charge in [-0.3, -0.25) is 10.1 Å². The van der Waals surface area contributed by atoms with Gasteiger partial charge < -0.3 is 9.97 Å². The number of anilines is 1. The number of nitrogens with one attached hydrogen (secondary N) is 3. The third-order valence-corrected chi connectivity index (χ3v) is 5.00. The standard InChI is InChI=1S/C12H17N5O3S/c1-3-17(4-2)21(19,20)9-7-10(15-8-9)11(18)16-12-13-5-6-14-12/h5-8,15H,3-4H2,1-2H3,(H2,13,14,16,18). The van der Waals surface area contributed by atoms with E-state index < -0.39 is 15.9 Å². The zero-order valence-electron chi connectivity index (χ0n) is 11.8. The summed E-state index contributed by atoms with van der Waals surface area (Å²) in [6, 6.07) is 1.31. The number of amides is 1. The molecule has 2 aromatic heterocycles. The normalized spacial score (nSPS) is 11.8. The number of nitrogens with zero attached hydrogens (tertiary/aromatic N) is 2. The quantitative estimate of drug-likeness (QED) is 0.739. The average molecular weight is 311 g/mol. The fourth-order valence-electron chi connectivity index (χ4n) is 1.88. The molecular formula is C12H17N5O3S. The van der Waals surface area contributed by atoms with Crippen molar-refractivity contribution in [1.29, 1.82) is 0 Å². The fraction of sp³-hybridized carbons (Fsp3) is 0.333. The highest BCUT2D eigenvalue weighted by Crippen LogP contribution is 2.17. The largest absolute Gasteiger partial charge is 0.356 e. The Balaban J connectivity index is 2.20. The Hall–Kier alpha value is -2.13. The lowest BCUT2D eigenvalue weighted by molar-refractivity contribution is 0.102. The van der Waals surface area contributed by atoms with Gasteiger partial charge in [-0.25, -0.2) is 13.4 Å². The van der Waals surface area contributed by atoms with Crippen molar-refractivity contribution in [2.24, 2.45) is 0 Å². The van der Waals surface area contributed by atoms with Gasteiger partial charge in [0, 0.05) is 31.7 Å². The van der Waals surface area contributed by atoms with Crippen molar-refractivity contribution in [2.75, 3.05) is 18.4 Å². The van der Waals surface area contributed by atoms with Crippen molar-refractivity contribution in [1.82, 2.24) is 19.3 Å². The minimum Gasteiger partial charge on any atom is -0.356 e. The minimum atomic E-state index is -3.58. The highest BCUT2D eigenvalue weighted by Gasteiger charge is 2.24. The van der Waals surface area contributed by atoms with Gasteiger partial charge in [0.15, 0.2) is 0 Å². The number of H-pyrrole nitrogens is 2. The first kappa shape index (κ1) is 15.3. The van der Waals surface area contributed by atoms with Crippen LogP contribution < -0.4 is 5.32 Å². The number of carbonyl (C=O) groups is 1. The molecular weight excluding hydrogens is 294 g/mol. The van der Waals surface area contributed by atoms with Crippen molar-refractivity contribution < 1.29 is 13.2 Å². The molecule has 0 atom stereocenters. The molecule has 1 amide bonds. The number of aromatic amines is 2. The summed E-state index contributed by atoms with van der Waals surface area (Å²) in [5.41, 5.74) is 0.150. The number of carbonyl (C=O) groups excluding carboxylic acids is 1. The lowest BCUT2D eigenvalue weighted by Gasteiger charge is -2.16. The number of sulfonamides is 1. The van der Waals surface area contributed by atoms with Gasteiger partial charge in [-0.1, -0.05) is 13.8 Å². The zero-order valence-corrected chi connectivity index (χ0v) is 12.6. The van der Waals surface area contributed by atoms with Crippen LogP contribution in [0.2, 0.25) is 0 Å². The van der Waals surface area contributed by atoms with Crippen LogP contribution in [0.3, 0.4) is 0 Å². The Morgan fingerprint density at radius 2 is 2.05 bits per heavy atom. The first-order chi connectivity index (χ1) is 9.98. The van der Waals surface area contributed by atoms with E-state index in [0.29, 0.717) is 19.0 Å². The molecule has 3 N–H and O–H groups in total. The Bertz CT molecular complexity index is 701. The van der Waals surface area contributed by atoms with Crippen LogP contribution in [0.1, 0.15) is 24.3 Å². The van der Waals surface area contributed by atoms with Crippen molar-refractivity contribution in [3.63, 3.8) is 0 Å². The van der Waals surface area contributed by atoms with E-state index in [0.717, 1.165) is 0 Å². The topological polar surface area (TPSA) is 111 Å². The van der Waals surface area contributed by atoms with Gasteiger partial charge in [0.2, 0.25) is 16.0 Å². The maximum Gasteiger partial charge on any atom is 0.274 e. The van der Waals surface area contributed by atoms with Crippen molar-refractivity contribution >= 4 is 21.9 Å². The number of hydrogen-bond acceptors (Lipinski definition) is 4. The summed E-state index contributed by atoms with van der Waals surface area (Å²) >= 11 is 0. The van der Waals surface area contributed by atoms with E-state index in [2.05, 4.69) is 20.3 Å². The third kappa shape index (κ3) is 3.14. The molecule has 0 saturated heterocycles. The molecule has 0 fully saturated rings. The SMILES string of the molecule is CCN(CC)S(=O)(=O)c1c[nH]c(C(=O)Nc2ncc[nH]2)c1. The molecule has 0 unspecified atom stereocenters. The van der Waals surface area contributed by atoms with E-state index in [9.17, 15) is 13.2 Å². The highest BCUT2D eigenvalue weighted by atomic mass is 32.2. The zero-order chi connectivity index (χ0) is 15.5. The minimum absolute atomic E-state index is 0.0656. The highest BCUT2D eigenvalue weighted by molar-refractivity contribution is 7.89. The predicted molar refractivity (Wildman–Crippen MR) is 77.4 cm³/mol. The second-order valence-electron chi connectivity index (χ2n) is 4.23. The van der Waals surface area contributed by atoms with E-state index in [1.54, 1.807) is 20.0 Å². The predicted octanol–water partition coefficient (Wildman–Crippen LogP) is 1.02. The maximum atomic E-state index is 12.3. The van der Waals surface area contributed by atoms with Crippen LogP contribution in [0.5, 0.6) is 0 Å². The van der Waals surface area contributed by atoms with Gasteiger partial charge >= 0.3 is 0 Å². The van der Waals surface area contributed by atoms with Gasteiger partial charge in [-0.05, 0) is 6.07 Å². The molecule has 0 aromatic carbocycles. The van der Waals surface area contributed by atoms with Crippen LogP contribution in [-0.4, -0.2) is 46.7 Å². The Morgan fingerprint density at radius 3 is 2.62 bits per heavy atom. The summed E-state index contributed by atoms with van der Waals surface area (Å²) in [6.45, 7) is 4.27. The summed E-state index contributed by atoms with van der Waals surface area (Å²) in [5.74, 6) is -0.173. The lowest BCUT2D eigenvalue weighted by atomic mass is 10.4. The van der Waals surface area contributed by atoms with Gasteiger partial charge in [0.05, 0.1) is 0 Å². The molecule has 8 nitrogen and oxygen atoms in total. The summed E-state index contributed by atoms with van der Waals surface area (Å²) in [4.78, 5) is 21.3. The van der Waals surface area contributed by atoms with Crippen molar-refractivity contribution in [2.45, 2.75) is 18.7 Å². The molecule has 0 saturated carbocycles. The van der Waals surface area contributed by atoms with E-state index in [1.807, 2.05) is 0 Å². The van der Waals surface area contributed by atoms with Crippen LogP contribution in [-0.2, 0) is 10.0 Å². The number of hydrogen-bond donors (Lipinski definition) is 3. The second-order valence-corrected chi connectivity index (χ2v) is 6.17. The molecule has 0 aliphatic carbocycles. The van der Waals surface area contributed by atoms with Crippen LogP contribution in [0.4, 0.5) is 5.95 Å². The Labute approximate surface area is 122 Å². The maximum absolute atomic E-state index is 12.3. The van der Waals surface area contributed by atoms with Crippen LogP contribution in [0, 0.1) is 0 Å². The Kier molecular flexibility index (Phi) is 4.43. The molecule has 0 bridgehead atoms. The average Bonchev–Trinajstić information content (AvgIpc) is 3.10. The molecule has 0 aliphatic rings. The molecule has 9 heteroatoms. The number of aromatic nitrogens is 3. The molecule has 2 heterocycles. The smallest absolute Gasteiger partial charge is 0.274 e. The van der Waals surface area contributed by atoms with Crippen LogP contribution in [0.15, 0.2) is 29.6 Å². The van der Waals surface area contributed by atoms with Gasteiger partial charge in [0.25, 0.3) is 5.91 Å². The first-order valence-corrected chi connectivity index (χ1v) is 7.92. The van der Waals surface area contributed by atoms with Crippen molar-refractivity contribution in [3.8, 4) is 0 Å². The Morgan fingerprint density at radius 1 is 1.33 bits per heavy atom. The summed E-state index contributed by atoms with van der Waals surface area (Å²) in [5, 5.41) is 2.51. The van der Waals surface area contributed by atoms with Gasteiger partial charge in [0.1, 0.15) is 10.6 Å². The molecule has 2 aromatic rings. The second kappa shape index (κ2) is 6.10. The van der Waals surface area contributed by atoms with Crippen LogP contribution >= 0.6 is 0 Å². The monoisotopic (exact) mass is 311 g/mol. The number of imidazole rings is 1. The summed E-state index contributed by atoms with van der Waals surface area (Å²) in [7, 11) is -3.58. The van der Waals surface area contributed by atoms with E-state index in [4.69, 9.17) is 0 Å². The first-order valence-electron chi connectivity index (χ1n) is 6.48. The third-order valence-electron chi connectivity index (χ3n) is 2.97. The van der Waals surface area contributed by atoms with E-state index >= 15 is 0 Å². The van der Waals surface area contributed by atoms with E-state index in [1.165, 1.54) is 22.8 Å². The number of rotatable bonds is 6.